The fourth-order valence-electron chi connectivity index (χ4n) is 2.14. The molecule has 0 aliphatic carbocycles. The van der Waals surface area contributed by atoms with Gasteiger partial charge in [-0.2, -0.15) is 0 Å². The highest BCUT2D eigenvalue weighted by Crippen LogP contribution is 2.33. The Kier molecular flexibility index (Phi) is 3.74. The third-order valence-electron chi connectivity index (χ3n) is 3.10. The van der Waals surface area contributed by atoms with E-state index in [1.54, 1.807) is 21.0 Å². The van der Waals surface area contributed by atoms with Crippen LogP contribution in [0.25, 0.3) is 11.3 Å². The van der Waals surface area contributed by atoms with Crippen molar-refractivity contribution in [2.45, 2.75) is 13.8 Å². The molecule has 0 atom stereocenters. The van der Waals surface area contributed by atoms with Crippen molar-refractivity contribution in [3.8, 4) is 17.1 Å². The summed E-state index contributed by atoms with van der Waals surface area (Å²) in [5.74, 6) is 0.337. The zero-order valence-corrected chi connectivity index (χ0v) is 12.2. The first-order valence-corrected chi connectivity index (χ1v) is 6.12. The standard InChI is InChI=1S/C14H17N3O3/c1-8-11(14(18)17(3)4)9(2)16-13(19-5)12(8)10-6-20-7-15-10/h6-7H,1-5H3. The fourth-order valence-corrected chi connectivity index (χ4v) is 2.14. The molecule has 0 unspecified atom stereocenters. The van der Waals surface area contributed by atoms with Gasteiger partial charge in [-0.05, 0) is 19.4 Å². The second-order valence-electron chi connectivity index (χ2n) is 4.65. The van der Waals surface area contributed by atoms with Crippen molar-refractivity contribution in [2.24, 2.45) is 0 Å². The van der Waals surface area contributed by atoms with E-state index in [4.69, 9.17) is 9.15 Å². The Hall–Kier alpha value is -2.37. The van der Waals surface area contributed by atoms with Crippen molar-refractivity contribution >= 4 is 5.91 Å². The minimum Gasteiger partial charge on any atom is -0.480 e. The average molecular weight is 275 g/mol. The quantitative estimate of drug-likeness (QED) is 0.857. The zero-order valence-electron chi connectivity index (χ0n) is 12.2. The van der Waals surface area contributed by atoms with Gasteiger partial charge in [0.05, 0.1) is 23.9 Å². The maximum Gasteiger partial charge on any atom is 0.255 e. The molecule has 0 spiro atoms. The third-order valence-corrected chi connectivity index (χ3v) is 3.10. The topological polar surface area (TPSA) is 68.5 Å². The fraction of sp³-hybridized carbons (Fsp3) is 0.357. The van der Waals surface area contributed by atoms with Crippen LogP contribution in [0.1, 0.15) is 21.6 Å². The van der Waals surface area contributed by atoms with Gasteiger partial charge in [-0.1, -0.05) is 0 Å². The van der Waals surface area contributed by atoms with E-state index in [9.17, 15) is 4.79 Å². The van der Waals surface area contributed by atoms with Gasteiger partial charge < -0.3 is 14.1 Å². The van der Waals surface area contributed by atoms with Crippen molar-refractivity contribution in [1.29, 1.82) is 0 Å². The van der Waals surface area contributed by atoms with Crippen LogP contribution < -0.4 is 4.74 Å². The predicted molar refractivity (Wildman–Crippen MR) is 73.8 cm³/mol. The summed E-state index contributed by atoms with van der Waals surface area (Å²) >= 11 is 0. The first-order valence-electron chi connectivity index (χ1n) is 6.12. The first-order chi connectivity index (χ1) is 9.47. The van der Waals surface area contributed by atoms with Crippen LogP contribution in [0.15, 0.2) is 17.1 Å². The van der Waals surface area contributed by atoms with E-state index < -0.39 is 0 Å². The van der Waals surface area contributed by atoms with Gasteiger partial charge in [-0.25, -0.2) is 9.97 Å². The third kappa shape index (κ3) is 2.24. The second kappa shape index (κ2) is 5.32. The molecule has 2 heterocycles. The minimum absolute atomic E-state index is 0.0973. The minimum atomic E-state index is -0.0973. The molecule has 0 saturated carbocycles. The van der Waals surface area contributed by atoms with Crippen molar-refractivity contribution in [3.63, 3.8) is 0 Å². The van der Waals surface area contributed by atoms with E-state index in [-0.39, 0.29) is 5.91 Å². The Labute approximate surface area is 117 Å². The lowest BCUT2D eigenvalue weighted by atomic mass is 9.99. The number of hydrogen-bond acceptors (Lipinski definition) is 5. The molecule has 106 valence electrons. The first kappa shape index (κ1) is 14.0. The van der Waals surface area contributed by atoms with E-state index in [0.717, 1.165) is 5.56 Å². The maximum atomic E-state index is 12.3. The second-order valence-corrected chi connectivity index (χ2v) is 4.65. The molecule has 0 bridgehead atoms. The Morgan fingerprint density at radius 1 is 1.35 bits per heavy atom. The monoisotopic (exact) mass is 275 g/mol. The van der Waals surface area contributed by atoms with Crippen LogP contribution in [0.3, 0.4) is 0 Å². The van der Waals surface area contributed by atoms with Crippen LogP contribution >= 0.6 is 0 Å². The molecule has 0 aromatic carbocycles. The molecule has 1 amide bonds. The number of amides is 1. The number of hydrogen-bond donors (Lipinski definition) is 0. The number of methoxy groups -OCH3 is 1. The number of nitrogens with zero attached hydrogens (tertiary/aromatic N) is 3. The van der Waals surface area contributed by atoms with E-state index in [1.165, 1.54) is 24.7 Å². The molecule has 2 rings (SSSR count). The normalized spacial score (nSPS) is 10.4. The Bertz CT molecular complexity index is 634. The van der Waals surface area contributed by atoms with Crippen LogP contribution in [0, 0.1) is 13.8 Å². The number of carbonyl (C=O) groups excluding carboxylic acids is 1. The number of pyridine rings is 1. The molecular formula is C14H17N3O3. The number of rotatable bonds is 3. The highest BCUT2D eigenvalue weighted by atomic mass is 16.5. The van der Waals surface area contributed by atoms with Gasteiger partial charge >= 0.3 is 0 Å². The van der Waals surface area contributed by atoms with Crippen molar-refractivity contribution in [1.82, 2.24) is 14.9 Å². The maximum absolute atomic E-state index is 12.3. The average Bonchev–Trinajstić information content (AvgIpc) is 2.91. The summed E-state index contributed by atoms with van der Waals surface area (Å²) in [6.45, 7) is 3.65. The van der Waals surface area contributed by atoms with Gasteiger partial charge in [0.2, 0.25) is 5.88 Å². The van der Waals surface area contributed by atoms with Crippen molar-refractivity contribution in [3.05, 3.63) is 29.5 Å². The van der Waals surface area contributed by atoms with Crippen LogP contribution in [0.2, 0.25) is 0 Å². The lowest BCUT2D eigenvalue weighted by molar-refractivity contribution is 0.0825. The van der Waals surface area contributed by atoms with E-state index in [0.29, 0.717) is 28.4 Å². The smallest absolute Gasteiger partial charge is 0.255 e. The molecule has 0 radical (unpaired) electrons. The Morgan fingerprint density at radius 3 is 2.55 bits per heavy atom. The molecule has 0 aliphatic rings. The van der Waals surface area contributed by atoms with E-state index in [2.05, 4.69) is 9.97 Å². The van der Waals surface area contributed by atoms with Crippen LogP contribution in [-0.2, 0) is 0 Å². The van der Waals surface area contributed by atoms with Crippen LogP contribution in [0.4, 0.5) is 0 Å². The number of carbonyl (C=O) groups is 1. The summed E-state index contributed by atoms with van der Waals surface area (Å²) in [7, 11) is 4.96. The van der Waals surface area contributed by atoms with Gasteiger partial charge in [-0.15, -0.1) is 0 Å². The SMILES string of the molecule is COc1nc(C)c(C(=O)N(C)C)c(C)c1-c1cocn1. The van der Waals surface area contributed by atoms with Crippen LogP contribution in [-0.4, -0.2) is 42.0 Å². The molecule has 20 heavy (non-hydrogen) atoms. The Balaban J connectivity index is 2.73. The van der Waals surface area contributed by atoms with Gasteiger partial charge in [0.25, 0.3) is 5.91 Å². The molecule has 6 nitrogen and oxygen atoms in total. The number of oxazole rings is 1. The summed E-state index contributed by atoms with van der Waals surface area (Å²) in [6.07, 6.45) is 2.84. The number of aromatic nitrogens is 2. The van der Waals surface area contributed by atoms with Gasteiger partial charge in [0.1, 0.15) is 12.0 Å². The largest absolute Gasteiger partial charge is 0.480 e. The zero-order chi connectivity index (χ0) is 14.9. The molecule has 2 aromatic heterocycles. The summed E-state index contributed by atoms with van der Waals surface area (Å²) in [6, 6.07) is 0. The van der Waals surface area contributed by atoms with Crippen molar-refractivity contribution < 1.29 is 13.9 Å². The lowest BCUT2D eigenvalue weighted by Crippen LogP contribution is -2.24. The summed E-state index contributed by atoms with van der Waals surface area (Å²) < 4.78 is 10.3. The van der Waals surface area contributed by atoms with Crippen LogP contribution in [0.5, 0.6) is 5.88 Å². The van der Waals surface area contributed by atoms with Crippen molar-refractivity contribution in [2.75, 3.05) is 21.2 Å². The molecule has 0 aliphatic heterocycles. The van der Waals surface area contributed by atoms with E-state index in [1.807, 2.05) is 6.92 Å². The highest BCUT2D eigenvalue weighted by molar-refractivity contribution is 5.98. The number of ether oxygens (including phenoxy) is 1. The van der Waals surface area contributed by atoms with Gasteiger partial charge in [-0.3, -0.25) is 4.79 Å². The Morgan fingerprint density at radius 2 is 2.05 bits per heavy atom. The summed E-state index contributed by atoms with van der Waals surface area (Å²) in [5.41, 5.74) is 3.25. The highest BCUT2D eigenvalue weighted by Gasteiger charge is 2.23. The lowest BCUT2D eigenvalue weighted by Gasteiger charge is -2.18. The van der Waals surface area contributed by atoms with Gasteiger partial charge in [0, 0.05) is 14.1 Å². The van der Waals surface area contributed by atoms with Gasteiger partial charge in [0.15, 0.2) is 6.39 Å². The summed E-state index contributed by atoms with van der Waals surface area (Å²) in [4.78, 5) is 22.3. The summed E-state index contributed by atoms with van der Waals surface area (Å²) in [5, 5.41) is 0. The molecule has 6 heteroatoms. The molecule has 0 fully saturated rings. The number of aryl methyl sites for hydroxylation is 1. The predicted octanol–water partition coefficient (Wildman–Crippen LogP) is 2.06. The molecule has 2 aromatic rings. The molecule has 0 saturated heterocycles. The van der Waals surface area contributed by atoms with E-state index >= 15 is 0 Å². The molecular weight excluding hydrogens is 258 g/mol. The molecule has 0 N–H and O–H groups in total.